The van der Waals surface area contributed by atoms with Crippen molar-refractivity contribution in [1.82, 2.24) is 9.80 Å². The molecule has 23 heavy (non-hydrogen) atoms. The molecule has 3 fully saturated rings. The van der Waals surface area contributed by atoms with E-state index in [1.807, 2.05) is 4.90 Å². The van der Waals surface area contributed by atoms with Crippen LogP contribution in [0.2, 0.25) is 0 Å². The Kier molecular flexibility index (Phi) is 4.92. The molecule has 1 aliphatic carbocycles. The van der Waals surface area contributed by atoms with Crippen molar-refractivity contribution < 1.29 is 14.3 Å². The van der Waals surface area contributed by atoms with Gasteiger partial charge < -0.3 is 15.4 Å². The van der Waals surface area contributed by atoms with E-state index in [0.717, 1.165) is 45.2 Å². The zero-order valence-electron chi connectivity index (χ0n) is 14.1. The van der Waals surface area contributed by atoms with Gasteiger partial charge in [-0.2, -0.15) is 0 Å². The summed E-state index contributed by atoms with van der Waals surface area (Å²) >= 11 is 0. The minimum Gasteiger partial charge on any atom is -0.368 e. The topological polar surface area (TPSA) is 75.9 Å². The minimum atomic E-state index is -0.482. The van der Waals surface area contributed by atoms with Crippen molar-refractivity contribution >= 4 is 11.8 Å². The number of nitrogens with zero attached hydrogens (tertiary/aromatic N) is 2. The Morgan fingerprint density at radius 1 is 1.09 bits per heavy atom. The maximum absolute atomic E-state index is 12.6. The number of amides is 2. The van der Waals surface area contributed by atoms with Crippen LogP contribution < -0.4 is 5.73 Å². The van der Waals surface area contributed by atoms with Crippen molar-refractivity contribution in [3.05, 3.63) is 0 Å². The lowest BCUT2D eigenvalue weighted by Gasteiger charge is -2.48. The standard InChI is InChI=1S/C17H29N3O3/c1-13-5-12-23-14(13)15(21)19-8-10-20(11-9-19)17(16(18)22)6-3-2-4-7-17/h13-14H,2-12H2,1H3,(H2,18,22)/t13-,14+/m1/s1. The van der Waals surface area contributed by atoms with E-state index >= 15 is 0 Å². The van der Waals surface area contributed by atoms with E-state index in [2.05, 4.69) is 11.8 Å². The van der Waals surface area contributed by atoms with Crippen molar-refractivity contribution in [3.63, 3.8) is 0 Å². The molecule has 0 aromatic heterocycles. The first kappa shape index (κ1) is 16.7. The molecule has 2 N–H and O–H groups in total. The van der Waals surface area contributed by atoms with Crippen molar-refractivity contribution in [2.45, 2.75) is 57.1 Å². The minimum absolute atomic E-state index is 0.117. The van der Waals surface area contributed by atoms with Gasteiger partial charge in [0.2, 0.25) is 5.91 Å². The fourth-order valence-corrected chi connectivity index (χ4v) is 4.40. The maximum atomic E-state index is 12.6. The van der Waals surface area contributed by atoms with Crippen LogP contribution >= 0.6 is 0 Å². The predicted octanol–water partition coefficient (Wildman–Crippen LogP) is 0.744. The van der Waals surface area contributed by atoms with Gasteiger partial charge in [0.1, 0.15) is 11.6 Å². The second-order valence-corrected chi connectivity index (χ2v) is 7.33. The summed E-state index contributed by atoms with van der Waals surface area (Å²) in [6.07, 6.45) is 5.72. The van der Waals surface area contributed by atoms with E-state index < -0.39 is 5.54 Å². The molecule has 2 saturated heterocycles. The molecule has 3 rings (SSSR count). The highest BCUT2D eigenvalue weighted by Crippen LogP contribution is 2.34. The lowest BCUT2D eigenvalue weighted by Crippen LogP contribution is -2.64. The fourth-order valence-electron chi connectivity index (χ4n) is 4.40. The molecule has 2 atom stereocenters. The Hall–Kier alpha value is -1.14. The Balaban J connectivity index is 1.61. The number of primary amides is 1. The summed E-state index contributed by atoms with van der Waals surface area (Å²) in [6, 6.07) is 0. The average molecular weight is 323 g/mol. The van der Waals surface area contributed by atoms with E-state index in [4.69, 9.17) is 10.5 Å². The third-order valence-electron chi connectivity index (χ3n) is 5.97. The number of carbonyl (C=O) groups is 2. The van der Waals surface area contributed by atoms with Crippen LogP contribution in [0.4, 0.5) is 0 Å². The molecule has 0 bridgehead atoms. The van der Waals surface area contributed by atoms with Crippen LogP contribution in [0.1, 0.15) is 45.4 Å². The molecule has 0 aromatic rings. The molecule has 2 heterocycles. The summed E-state index contributed by atoms with van der Waals surface area (Å²) in [7, 11) is 0. The SMILES string of the molecule is C[C@@H]1CCO[C@@H]1C(=O)N1CCN(C2(C(N)=O)CCCCC2)CC1. The van der Waals surface area contributed by atoms with Gasteiger partial charge in [-0.3, -0.25) is 14.5 Å². The van der Waals surface area contributed by atoms with Gasteiger partial charge in [-0.15, -0.1) is 0 Å². The van der Waals surface area contributed by atoms with Crippen LogP contribution in [-0.2, 0) is 14.3 Å². The van der Waals surface area contributed by atoms with Gasteiger partial charge in [0, 0.05) is 32.8 Å². The Labute approximate surface area is 138 Å². The van der Waals surface area contributed by atoms with Crippen LogP contribution in [0.25, 0.3) is 0 Å². The summed E-state index contributed by atoms with van der Waals surface area (Å²) in [6.45, 7) is 5.56. The van der Waals surface area contributed by atoms with Crippen molar-refractivity contribution in [1.29, 1.82) is 0 Å². The molecule has 0 radical (unpaired) electrons. The summed E-state index contributed by atoms with van der Waals surface area (Å²) in [4.78, 5) is 28.9. The predicted molar refractivity (Wildman–Crippen MR) is 86.7 cm³/mol. The molecule has 0 aromatic carbocycles. The van der Waals surface area contributed by atoms with E-state index in [9.17, 15) is 9.59 Å². The molecule has 130 valence electrons. The second-order valence-electron chi connectivity index (χ2n) is 7.33. The molecule has 2 amide bonds. The van der Waals surface area contributed by atoms with Crippen molar-refractivity contribution in [2.75, 3.05) is 32.8 Å². The first-order chi connectivity index (χ1) is 11.0. The van der Waals surface area contributed by atoms with Gasteiger partial charge >= 0.3 is 0 Å². The highest BCUT2D eigenvalue weighted by molar-refractivity contribution is 5.85. The number of piperazine rings is 1. The van der Waals surface area contributed by atoms with Gasteiger partial charge in [-0.25, -0.2) is 0 Å². The van der Waals surface area contributed by atoms with E-state index in [0.29, 0.717) is 25.6 Å². The quantitative estimate of drug-likeness (QED) is 0.831. The fraction of sp³-hybridized carbons (Fsp3) is 0.882. The molecular weight excluding hydrogens is 294 g/mol. The number of ether oxygens (including phenoxy) is 1. The number of rotatable bonds is 3. The monoisotopic (exact) mass is 323 g/mol. The third kappa shape index (κ3) is 3.11. The molecule has 3 aliphatic rings. The molecule has 1 saturated carbocycles. The van der Waals surface area contributed by atoms with E-state index in [-0.39, 0.29) is 17.9 Å². The molecular formula is C17H29N3O3. The third-order valence-corrected chi connectivity index (χ3v) is 5.97. The molecule has 0 unspecified atom stereocenters. The first-order valence-corrected chi connectivity index (χ1v) is 9.00. The Morgan fingerprint density at radius 3 is 2.26 bits per heavy atom. The number of hydrogen-bond donors (Lipinski definition) is 1. The van der Waals surface area contributed by atoms with Gasteiger partial charge in [0.25, 0.3) is 5.91 Å². The second kappa shape index (κ2) is 6.77. The molecule has 6 heteroatoms. The van der Waals surface area contributed by atoms with Gasteiger partial charge in [-0.1, -0.05) is 26.2 Å². The van der Waals surface area contributed by atoms with Crippen LogP contribution in [0.3, 0.4) is 0 Å². The maximum Gasteiger partial charge on any atom is 0.252 e. The van der Waals surface area contributed by atoms with Crippen molar-refractivity contribution in [3.8, 4) is 0 Å². The summed E-state index contributed by atoms with van der Waals surface area (Å²) in [5.41, 5.74) is 5.28. The average Bonchev–Trinajstić information content (AvgIpc) is 3.01. The zero-order chi connectivity index (χ0) is 16.4. The number of hydrogen-bond acceptors (Lipinski definition) is 4. The number of nitrogens with two attached hydrogens (primary N) is 1. The van der Waals surface area contributed by atoms with Gasteiger partial charge in [0.05, 0.1) is 0 Å². The van der Waals surface area contributed by atoms with Crippen LogP contribution in [0.15, 0.2) is 0 Å². The zero-order valence-corrected chi connectivity index (χ0v) is 14.1. The van der Waals surface area contributed by atoms with E-state index in [1.54, 1.807) is 0 Å². The Bertz CT molecular complexity index is 454. The lowest BCUT2D eigenvalue weighted by atomic mass is 9.79. The highest BCUT2D eigenvalue weighted by atomic mass is 16.5. The summed E-state index contributed by atoms with van der Waals surface area (Å²) < 4.78 is 5.60. The van der Waals surface area contributed by atoms with Crippen molar-refractivity contribution in [2.24, 2.45) is 11.7 Å². The first-order valence-electron chi connectivity index (χ1n) is 9.00. The lowest BCUT2D eigenvalue weighted by molar-refractivity contribution is -0.147. The van der Waals surface area contributed by atoms with Gasteiger partial charge in [0.15, 0.2) is 0 Å². The normalized spacial score (nSPS) is 32.0. The summed E-state index contributed by atoms with van der Waals surface area (Å²) in [5.74, 6) is 0.229. The summed E-state index contributed by atoms with van der Waals surface area (Å²) in [5, 5.41) is 0. The molecule has 6 nitrogen and oxygen atoms in total. The van der Waals surface area contributed by atoms with Crippen LogP contribution in [0, 0.1) is 5.92 Å². The molecule has 2 aliphatic heterocycles. The van der Waals surface area contributed by atoms with Crippen LogP contribution in [0.5, 0.6) is 0 Å². The smallest absolute Gasteiger partial charge is 0.252 e. The van der Waals surface area contributed by atoms with E-state index in [1.165, 1.54) is 6.42 Å². The van der Waals surface area contributed by atoms with Gasteiger partial charge in [-0.05, 0) is 25.2 Å². The van der Waals surface area contributed by atoms with Crippen LogP contribution in [-0.4, -0.2) is 66.0 Å². The largest absolute Gasteiger partial charge is 0.368 e. The molecule has 0 spiro atoms. The highest BCUT2D eigenvalue weighted by Gasteiger charge is 2.45. The number of carbonyl (C=O) groups excluding carboxylic acids is 2. The Morgan fingerprint density at radius 2 is 1.74 bits per heavy atom.